The van der Waals surface area contributed by atoms with Gasteiger partial charge in [0, 0.05) is 13.2 Å². The van der Waals surface area contributed by atoms with Crippen molar-refractivity contribution >= 4 is 0 Å². The first-order chi connectivity index (χ1) is 8.07. The van der Waals surface area contributed by atoms with Crippen LogP contribution in [0.2, 0.25) is 0 Å². The minimum atomic E-state index is 0.00144. The van der Waals surface area contributed by atoms with Gasteiger partial charge in [-0.3, -0.25) is 0 Å². The van der Waals surface area contributed by atoms with E-state index in [1.807, 2.05) is 7.11 Å². The molecule has 0 amide bonds. The van der Waals surface area contributed by atoms with Gasteiger partial charge in [-0.25, -0.2) is 0 Å². The number of methoxy groups -OCH3 is 1. The molecule has 0 spiro atoms. The molecule has 2 fully saturated rings. The van der Waals surface area contributed by atoms with Crippen LogP contribution in [-0.2, 0) is 4.74 Å². The number of hydrogen-bond donors (Lipinski definition) is 1. The highest BCUT2D eigenvalue weighted by atomic mass is 16.5. The summed E-state index contributed by atoms with van der Waals surface area (Å²) >= 11 is 0. The van der Waals surface area contributed by atoms with Crippen molar-refractivity contribution in [1.82, 2.24) is 0 Å². The zero-order valence-corrected chi connectivity index (χ0v) is 11.7. The normalized spacial score (nSPS) is 39.2. The van der Waals surface area contributed by atoms with E-state index in [-0.39, 0.29) is 11.6 Å². The summed E-state index contributed by atoms with van der Waals surface area (Å²) in [7, 11) is 1.86. The molecule has 2 aliphatic carbocycles. The lowest BCUT2D eigenvalue weighted by Gasteiger charge is -2.43. The van der Waals surface area contributed by atoms with Crippen molar-refractivity contribution in [2.75, 3.05) is 7.11 Å². The third kappa shape index (κ3) is 2.68. The van der Waals surface area contributed by atoms with Gasteiger partial charge in [0.1, 0.15) is 0 Å². The first kappa shape index (κ1) is 13.4. The van der Waals surface area contributed by atoms with Crippen LogP contribution in [0.25, 0.3) is 0 Å². The molecule has 3 unspecified atom stereocenters. The zero-order chi connectivity index (χ0) is 12.5. The average molecular weight is 239 g/mol. The summed E-state index contributed by atoms with van der Waals surface area (Å²) < 4.78 is 5.86. The van der Waals surface area contributed by atoms with Crippen LogP contribution >= 0.6 is 0 Å². The van der Waals surface area contributed by atoms with E-state index in [9.17, 15) is 0 Å². The molecule has 100 valence electrons. The predicted molar refractivity (Wildman–Crippen MR) is 71.9 cm³/mol. The molecule has 2 rings (SSSR count). The fourth-order valence-corrected chi connectivity index (χ4v) is 4.38. The molecule has 0 heterocycles. The monoisotopic (exact) mass is 239 g/mol. The second-order valence-corrected chi connectivity index (χ2v) is 6.68. The van der Waals surface area contributed by atoms with E-state index in [0.29, 0.717) is 5.92 Å². The van der Waals surface area contributed by atoms with E-state index in [1.165, 1.54) is 44.9 Å². The molecule has 2 N–H and O–H groups in total. The maximum Gasteiger partial charge on any atom is 0.0831 e. The lowest BCUT2D eigenvalue weighted by atomic mass is 9.70. The second kappa shape index (κ2) is 5.27. The van der Waals surface area contributed by atoms with Gasteiger partial charge in [-0.1, -0.05) is 26.7 Å². The number of rotatable bonds is 3. The number of nitrogens with two attached hydrogens (primary N) is 1. The second-order valence-electron chi connectivity index (χ2n) is 6.68. The molecule has 0 bridgehead atoms. The van der Waals surface area contributed by atoms with Crippen molar-refractivity contribution in [3.8, 4) is 0 Å². The molecule has 0 saturated heterocycles. The van der Waals surface area contributed by atoms with Crippen LogP contribution in [0, 0.1) is 17.8 Å². The Morgan fingerprint density at radius 1 is 1.06 bits per heavy atom. The van der Waals surface area contributed by atoms with E-state index >= 15 is 0 Å². The smallest absolute Gasteiger partial charge is 0.0831 e. The Balaban J connectivity index is 2.04. The third-order valence-electron chi connectivity index (χ3n) is 5.19. The Kier molecular flexibility index (Phi) is 4.14. The van der Waals surface area contributed by atoms with E-state index in [1.54, 1.807) is 0 Å². The highest BCUT2D eigenvalue weighted by Crippen LogP contribution is 2.43. The van der Waals surface area contributed by atoms with Gasteiger partial charge in [-0.15, -0.1) is 0 Å². The van der Waals surface area contributed by atoms with Gasteiger partial charge in [0.05, 0.1) is 5.60 Å². The highest BCUT2D eigenvalue weighted by molar-refractivity contribution is 4.99. The molecule has 2 nitrogen and oxygen atoms in total. The van der Waals surface area contributed by atoms with Gasteiger partial charge in [-0.2, -0.15) is 0 Å². The van der Waals surface area contributed by atoms with Crippen molar-refractivity contribution in [2.45, 2.75) is 70.4 Å². The number of ether oxygens (including phenoxy) is 1. The van der Waals surface area contributed by atoms with Gasteiger partial charge in [0.2, 0.25) is 0 Å². The molecule has 17 heavy (non-hydrogen) atoms. The van der Waals surface area contributed by atoms with Crippen LogP contribution < -0.4 is 5.73 Å². The lowest BCUT2D eigenvalue weighted by Crippen LogP contribution is -2.53. The Bertz CT molecular complexity index is 237. The zero-order valence-electron chi connectivity index (χ0n) is 11.7. The van der Waals surface area contributed by atoms with Crippen molar-refractivity contribution in [2.24, 2.45) is 23.5 Å². The maximum absolute atomic E-state index is 6.60. The van der Waals surface area contributed by atoms with Gasteiger partial charge in [-0.05, 0) is 49.9 Å². The third-order valence-corrected chi connectivity index (χ3v) is 5.19. The number of hydrogen-bond acceptors (Lipinski definition) is 2. The summed E-state index contributed by atoms with van der Waals surface area (Å²) in [6, 6.07) is 0.250. The Morgan fingerprint density at radius 3 is 2.06 bits per heavy atom. The maximum atomic E-state index is 6.60. The van der Waals surface area contributed by atoms with Crippen LogP contribution in [0.5, 0.6) is 0 Å². The molecular formula is C15H29NO. The average Bonchev–Trinajstić information content (AvgIpc) is 2.76. The van der Waals surface area contributed by atoms with Gasteiger partial charge >= 0.3 is 0 Å². The minimum Gasteiger partial charge on any atom is -0.377 e. The SMILES string of the molecule is COC1(C(N)C2CC(C)CC(C)C2)CCCC1. The fourth-order valence-electron chi connectivity index (χ4n) is 4.38. The molecule has 0 aromatic heterocycles. The topological polar surface area (TPSA) is 35.2 Å². The first-order valence-electron chi connectivity index (χ1n) is 7.38. The van der Waals surface area contributed by atoms with Crippen LogP contribution in [0.3, 0.4) is 0 Å². The van der Waals surface area contributed by atoms with E-state index in [4.69, 9.17) is 10.5 Å². The molecule has 2 saturated carbocycles. The summed E-state index contributed by atoms with van der Waals surface area (Å²) in [5, 5.41) is 0. The van der Waals surface area contributed by atoms with Crippen molar-refractivity contribution in [1.29, 1.82) is 0 Å². The first-order valence-corrected chi connectivity index (χ1v) is 7.38. The van der Waals surface area contributed by atoms with Crippen molar-refractivity contribution in [3.05, 3.63) is 0 Å². The van der Waals surface area contributed by atoms with E-state index < -0.39 is 0 Å². The molecule has 2 aliphatic rings. The highest BCUT2D eigenvalue weighted by Gasteiger charge is 2.44. The van der Waals surface area contributed by atoms with Gasteiger partial charge in [0.25, 0.3) is 0 Å². The van der Waals surface area contributed by atoms with Crippen LogP contribution in [0.15, 0.2) is 0 Å². The van der Waals surface area contributed by atoms with Crippen molar-refractivity contribution < 1.29 is 4.74 Å². The summed E-state index contributed by atoms with van der Waals surface area (Å²) in [4.78, 5) is 0. The largest absolute Gasteiger partial charge is 0.377 e. The van der Waals surface area contributed by atoms with Crippen molar-refractivity contribution in [3.63, 3.8) is 0 Å². The summed E-state index contributed by atoms with van der Waals surface area (Å²) in [5.74, 6) is 2.35. The Hall–Kier alpha value is -0.0800. The molecule has 2 heteroatoms. The molecule has 0 aliphatic heterocycles. The predicted octanol–water partition coefficient (Wildman–Crippen LogP) is 3.35. The van der Waals surface area contributed by atoms with Gasteiger partial charge < -0.3 is 10.5 Å². The Labute approximate surface area is 106 Å². The fraction of sp³-hybridized carbons (Fsp3) is 1.00. The van der Waals surface area contributed by atoms with E-state index in [0.717, 1.165) is 11.8 Å². The standard InChI is InChI=1S/C15H29NO/c1-11-8-12(2)10-13(9-11)14(16)15(17-3)6-4-5-7-15/h11-14H,4-10,16H2,1-3H3. The summed E-state index contributed by atoms with van der Waals surface area (Å²) in [6.07, 6.45) is 8.91. The molecule has 0 aromatic rings. The van der Waals surface area contributed by atoms with E-state index in [2.05, 4.69) is 13.8 Å². The Morgan fingerprint density at radius 2 is 1.59 bits per heavy atom. The molecule has 3 atom stereocenters. The van der Waals surface area contributed by atoms with Crippen LogP contribution in [0.4, 0.5) is 0 Å². The minimum absolute atomic E-state index is 0.00144. The quantitative estimate of drug-likeness (QED) is 0.819. The molecule has 0 radical (unpaired) electrons. The summed E-state index contributed by atoms with van der Waals surface area (Å²) in [5.41, 5.74) is 6.60. The van der Waals surface area contributed by atoms with Gasteiger partial charge in [0.15, 0.2) is 0 Å². The molecular weight excluding hydrogens is 210 g/mol. The lowest BCUT2D eigenvalue weighted by molar-refractivity contribution is -0.0496. The summed E-state index contributed by atoms with van der Waals surface area (Å²) in [6.45, 7) is 4.76. The molecule has 0 aromatic carbocycles. The van der Waals surface area contributed by atoms with Crippen LogP contribution in [0.1, 0.15) is 58.8 Å². The van der Waals surface area contributed by atoms with Crippen LogP contribution in [-0.4, -0.2) is 18.8 Å².